The molecule has 0 heterocycles. The molecule has 0 aliphatic carbocycles. The maximum absolute atomic E-state index is 6.00. The van der Waals surface area contributed by atoms with Gasteiger partial charge in [0, 0.05) is 30.0 Å². The van der Waals surface area contributed by atoms with E-state index in [1.165, 1.54) is 0 Å². The number of halogens is 1. The van der Waals surface area contributed by atoms with Crippen LogP contribution >= 0.6 is 11.6 Å². The summed E-state index contributed by atoms with van der Waals surface area (Å²) in [4.78, 5) is 2.13. The fourth-order valence-corrected chi connectivity index (χ4v) is 2.23. The summed E-state index contributed by atoms with van der Waals surface area (Å²) < 4.78 is 5.15. The highest BCUT2D eigenvalue weighted by molar-refractivity contribution is 6.30. The highest BCUT2D eigenvalue weighted by Crippen LogP contribution is 2.22. The monoisotopic (exact) mass is 276 g/mol. The lowest BCUT2D eigenvalue weighted by Crippen LogP contribution is -2.16. The molecule has 0 fully saturated rings. The van der Waals surface area contributed by atoms with Crippen molar-refractivity contribution < 1.29 is 4.74 Å². The van der Waals surface area contributed by atoms with E-state index in [1.54, 1.807) is 13.2 Å². The van der Waals surface area contributed by atoms with Crippen LogP contribution in [0.1, 0.15) is 5.56 Å². The summed E-state index contributed by atoms with van der Waals surface area (Å²) in [6.07, 6.45) is 0. The van der Waals surface area contributed by atoms with Crippen molar-refractivity contribution in [2.24, 2.45) is 0 Å². The number of nitrogen functional groups attached to an aromatic ring is 1. The van der Waals surface area contributed by atoms with Gasteiger partial charge in [0.1, 0.15) is 5.75 Å². The SMILES string of the molecule is COc1ccc(N(C)Cc2cc(N)cc(Cl)c2)cc1. The lowest BCUT2D eigenvalue weighted by atomic mass is 10.2. The molecule has 100 valence electrons. The number of benzene rings is 2. The first-order valence-electron chi connectivity index (χ1n) is 5.98. The molecule has 0 aromatic heterocycles. The number of rotatable bonds is 4. The van der Waals surface area contributed by atoms with Gasteiger partial charge in [-0.15, -0.1) is 0 Å². The van der Waals surface area contributed by atoms with E-state index in [0.717, 1.165) is 23.5 Å². The van der Waals surface area contributed by atoms with Crippen molar-refractivity contribution in [3.05, 3.63) is 53.1 Å². The van der Waals surface area contributed by atoms with E-state index in [-0.39, 0.29) is 0 Å². The van der Waals surface area contributed by atoms with Crippen molar-refractivity contribution in [1.82, 2.24) is 0 Å². The van der Waals surface area contributed by atoms with Crippen molar-refractivity contribution >= 4 is 23.0 Å². The summed E-state index contributed by atoms with van der Waals surface area (Å²) in [6.45, 7) is 0.747. The second-order valence-corrected chi connectivity index (χ2v) is 4.88. The van der Waals surface area contributed by atoms with Crippen molar-refractivity contribution in [3.8, 4) is 5.75 Å². The molecular weight excluding hydrogens is 260 g/mol. The van der Waals surface area contributed by atoms with Crippen LogP contribution in [-0.2, 0) is 6.54 Å². The average molecular weight is 277 g/mol. The van der Waals surface area contributed by atoms with Gasteiger partial charge in [0.05, 0.1) is 7.11 Å². The number of nitrogens with two attached hydrogens (primary N) is 1. The van der Waals surface area contributed by atoms with E-state index in [4.69, 9.17) is 22.1 Å². The van der Waals surface area contributed by atoms with Gasteiger partial charge in [-0.2, -0.15) is 0 Å². The van der Waals surface area contributed by atoms with E-state index in [2.05, 4.69) is 4.90 Å². The van der Waals surface area contributed by atoms with Gasteiger partial charge in [0.25, 0.3) is 0 Å². The Morgan fingerprint density at radius 1 is 1.16 bits per heavy atom. The molecule has 0 aliphatic rings. The molecule has 4 heteroatoms. The van der Waals surface area contributed by atoms with E-state index in [9.17, 15) is 0 Å². The first kappa shape index (κ1) is 13.6. The maximum Gasteiger partial charge on any atom is 0.119 e. The second kappa shape index (κ2) is 5.85. The summed E-state index contributed by atoms with van der Waals surface area (Å²) in [5.41, 5.74) is 8.67. The largest absolute Gasteiger partial charge is 0.497 e. The van der Waals surface area contributed by atoms with Gasteiger partial charge in [-0.3, -0.25) is 0 Å². The Balaban J connectivity index is 2.13. The molecule has 19 heavy (non-hydrogen) atoms. The highest BCUT2D eigenvalue weighted by Gasteiger charge is 2.04. The number of ether oxygens (including phenoxy) is 1. The number of hydrogen-bond donors (Lipinski definition) is 1. The molecule has 3 nitrogen and oxygen atoms in total. The molecule has 0 radical (unpaired) electrons. The Hall–Kier alpha value is -1.87. The minimum absolute atomic E-state index is 0.665. The third-order valence-electron chi connectivity index (χ3n) is 2.91. The number of methoxy groups -OCH3 is 1. The van der Waals surface area contributed by atoms with Gasteiger partial charge >= 0.3 is 0 Å². The second-order valence-electron chi connectivity index (χ2n) is 4.45. The first-order valence-corrected chi connectivity index (χ1v) is 6.36. The van der Waals surface area contributed by atoms with E-state index in [1.807, 2.05) is 43.4 Å². The van der Waals surface area contributed by atoms with Crippen LogP contribution in [0.3, 0.4) is 0 Å². The molecule has 0 bridgehead atoms. The third-order valence-corrected chi connectivity index (χ3v) is 3.13. The number of hydrogen-bond acceptors (Lipinski definition) is 3. The topological polar surface area (TPSA) is 38.5 Å². The van der Waals surface area contributed by atoms with E-state index in [0.29, 0.717) is 10.7 Å². The van der Waals surface area contributed by atoms with Gasteiger partial charge in [-0.05, 0) is 48.0 Å². The van der Waals surface area contributed by atoms with Crippen molar-refractivity contribution in [2.75, 3.05) is 24.8 Å². The summed E-state index contributed by atoms with van der Waals surface area (Å²) in [6, 6.07) is 13.5. The zero-order valence-corrected chi connectivity index (χ0v) is 11.8. The summed E-state index contributed by atoms with van der Waals surface area (Å²) in [7, 11) is 3.69. The quantitative estimate of drug-likeness (QED) is 0.868. The molecule has 0 saturated carbocycles. The predicted molar refractivity (Wildman–Crippen MR) is 81.0 cm³/mol. The summed E-state index contributed by atoms with van der Waals surface area (Å²) >= 11 is 6.00. The van der Waals surface area contributed by atoms with Gasteiger partial charge in [-0.1, -0.05) is 11.6 Å². The van der Waals surface area contributed by atoms with Crippen LogP contribution in [-0.4, -0.2) is 14.2 Å². The Morgan fingerprint density at radius 2 is 1.84 bits per heavy atom. The van der Waals surface area contributed by atoms with Crippen LogP contribution in [0.5, 0.6) is 5.75 Å². The predicted octanol–water partition coefficient (Wildman–Crippen LogP) is 3.57. The average Bonchev–Trinajstić information content (AvgIpc) is 2.37. The first-order chi connectivity index (χ1) is 9.08. The molecule has 0 aliphatic heterocycles. The molecule has 0 atom stereocenters. The molecule has 0 saturated heterocycles. The van der Waals surface area contributed by atoms with E-state index >= 15 is 0 Å². The Kier molecular flexibility index (Phi) is 4.17. The van der Waals surface area contributed by atoms with Crippen LogP contribution in [0.25, 0.3) is 0 Å². The third kappa shape index (κ3) is 3.55. The zero-order chi connectivity index (χ0) is 13.8. The van der Waals surface area contributed by atoms with Crippen molar-refractivity contribution in [1.29, 1.82) is 0 Å². The summed E-state index contributed by atoms with van der Waals surface area (Å²) in [5.74, 6) is 0.851. The number of anilines is 2. The Bertz CT molecular complexity index is 534. The van der Waals surface area contributed by atoms with Gasteiger partial charge in [0.2, 0.25) is 0 Å². The van der Waals surface area contributed by atoms with Crippen molar-refractivity contribution in [2.45, 2.75) is 6.54 Å². The van der Waals surface area contributed by atoms with Crippen LogP contribution < -0.4 is 15.4 Å². The zero-order valence-electron chi connectivity index (χ0n) is 11.1. The molecule has 2 aromatic carbocycles. The fraction of sp³-hybridized carbons (Fsp3) is 0.200. The van der Waals surface area contributed by atoms with Crippen LogP contribution in [0.2, 0.25) is 5.02 Å². The Morgan fingerprint density at radius 3 is 2.42 bits per heavy atom. The van der Waals surface area contributed by atoms with Crippen LogP contribution in [0, 0.1) is 0 Å². The van der Waals surface area contributed by atoms with Crippen molar-refractivity contribution in [3.63, 3.8) is 0 Å². The minimum atomic E-state index is 0.665. The molecular formula is C15H17ClN2O. The van der Waals surface area contributed by atoms with Crippen LogP contribution in [0.4, 0.5) is 11.4 Å². The molecule has 2 rings (SSSR count). The van der Waals surface area contributed by atoms with Gasteiger partial charge in [0.15, 0.2) is 0 Å². The van der Waals surface area contributed by atoms with Crippen LogP contribution in [0.15, 0.2) is 42.5 Å². The standard InChI is InChI=1S/C15H17ClN2O/c1-18(14-3-5-15(19-2)6-4-14)10-11-7-12(16)9-13(17)8-11/h3-9H,10,17H2,1-2H3. The van der Waals surface area contributed by atoms with Gasteiger partial charge < -0.3 is 15.4 Å². The number of nitrogens with zero attached hydrogens (tertiary/aromatic N) is 1. The molecule has 0 spiro atoms. The fourth-order valence-electron chi connectivity index (χ4n) is 1.97. The van der Waals surface area contributed by atoms with E-state index < -0.39 is 0 Å². The lowest BCUT2D eigenvalue weighted by Gasteiger charge is -2.20. The van der Waals surface area contributed by atoms with Gasteiger partial charge in [-0.25, -0.2) is 0 Å². The minimum Gasteiger partial charge on any atom is -0.497 e. The summed E-state index contributed by atoms with van der Waals surface area (Å²) in [5, 5.41) is 0.665. The molecule has 2 aromatic rings. The molecule has 2 N–H and O–H groups in total. The smallest absolute Gasteiger partial charge is 0.119 e. The molecule has 0 unspecified atom stereocenters. The normalized spacial score (nSPS) is 10.3. The molecule has 0 amide bonds. The Labute approximate surface area is 118 Å². The lowest BCUT2D eigenvalue weighted by molar-refractivity contribution is 0.415. The highest BCUT2D eigenvalue weighted by atomic mass is 35.5. The maximum atomic E-state index is 6.00.